The molecule has 0 atom stereocenters. The van der Waals surface area contributed by atoms with E-state index in [1.807, 2.05) is 27.0 Å². The van der Waals surface area contributed by atoms with E-state index in [-0.39, 0.29) is 17.6 Å². The zero-order valence-corrected chi connectivity index (χ0v) is 15.6. The van der Waals surface area contributed by atoms with E-state index in [0.717, 1.165) is 17.9 Å². The Kier molecular flexibility index (Phi) is 6.48. The van der Waals surface area contributed by atoms with Crippen LogP contribution in [0.4, 0.5) is 0 Å². The van der Waals surface area contributed by atoms with E-state index in [4.69, 9.17) is 9.47 Å². The third-order valence-corrected chi connectivity index (χ3v) is 3.80. The number of nitrogens with zero attached hydrogens (tertiary/aromatic N) is 1. The van der Waals surface area contributed by atoms with Crippen LogP contribution in [-0.4, -0.2) is 36.2 Å². The lowest BCUT2D eigenvalue weighted by Gasteiger charge is -2.25. The molecule has 4 nitrogen and oxygen atoms in total. The van der Waals surface area contributed by atoms with Gasteiger partial charge in [0.25, 0.3) is 0 Å². The molecule has 23 heavy (non-hydrogen) atoms. The minimum Gasteiger partial charge on any atom is -0.477 e. The number of hydrogen-bond acceptors (Lipinski definition) is 4. The summed E-state index contributed by atoms with van der Waals surface area (Å²) < 4.78 is 11.1. The average molecular weight is 321 g/mol. The third kappa shape index (κ3) is 5.45. The molecule has 0 unspecified atom stereocenters. The van der Waals surface area contributed by atoms with Gasteiger partial charge in [-0.05, 0) is 57.8 Å². The summed E-state index contributed by atoms with van der Waals surface area (Å²) in [7, 11) is 1.99. The highest BCUT2D eigenvalue weighted by Crippen LogP contribution is 2.28. The smallest absolute Gasteiger partial charge is 0.338 e. The zero-order valence-electron chi connectivity index (χ0n) is 15.6. The molecule has 0 aromatic heterocycles. The lowest BCUT2D eigenvalue weighted by molar-refractivity contribution is -0.142. The fraction of sp³-hybridized carbons (Fsp3) is 0.632. The fourth-order valence-electron chi connectivity index (χ4n) is 2.27. The Morgan fingerprint density at radius 3 is 2.43 bits per heavy atom. The van der Waals surface area contributed by atoms with Crippen molar-refractivity contribution in [3.05, 3.63) is 35.8 Å². The highest BCUT2D eigenvalue weighted by atomic mass is 16.5. The van der Waals surface area contributed by atoms with E-state index in [1.165, 1.54) is 0 Å². The summed E-state index contributed by atoms with van der Waals surface area (Å²) in [5, 5.41) is 0. The van der Waals surface area contributed by atoms with E-state index >= 15 is 0 Å². The van der Waals surface area contributed by atoms with Crippen LogP contribution in [0.25, 0.3) is 0 Å². The molecular weight excluding hydrogens is 290 g/mol. The van der Waals surface area contributed by atoms with Crippen molar-refractivity contribution in [1.82, 2.24) is 4.90 Å². The standard InChI is InChI=1S/C19H31NO3/c1-13(2)11-15(5)16(18(21)23-14(3)4)9-10-17-20(8)19(6,7)12-22-17/h9-10,13-14H,5,11-12H2,1-4,6-8H3/b16-9-,17-10-. The molecule has 1 aliphatic heterocycles. The molecule has 0 aliphatic carbocycles. The summed E-state index contributed by atoms with van der Waals surface area (Å²) in [4.78, 5) is 14.4. The summed E-state index contributed by atoms with van der Waals surface area (Å²) in [6.07, 6.45) is 4.19. The van der Waals surface area contributed by atoms with Crippen LogP contribution in [0.5, 0.6) is 0 Å². The van der Waals surface area contributed by atoms with Gasteiger partial charge in [0.1, 0.15) is 6.61 Å². The van der Waals surface area contributed by atoms with E-state index < -0.39 is 0 Å². The van der Waals surface area contributed by atoms with Crippen LogP contribution in [0.1, 0.15) is 48.0 Å². The van der Waals surface area contributed by atoms with Gasteiger partial charge in [0.15, 0.2) is 5.88 Å². The van der Waals surface area contributed by atoms with Gasteiger partial charge in [-0.3, -0.25) is 0 Å². The average Bonchev–Trinajstić information content (AvgIpc) is 2.64. The minimum atomic E-state index is -0.331. The quantitative estimate of drug-likeness (QED) is 0.420. The Morgan fingerprint density at radius 1 is 1.39 bits per heavy atom. The van der Waals surface area contributed by atoms with Gasteiger partial charge in [0.2, 0.25) is 0 Å². The van der Waals surface area contributed by atoms with Crippen LogP contribution in [0.3, 0.4) is 0 Å². The highest BCUT2D eigenvalue weighted by Gasteiger charge is 2.33. The molecule has 0 N–H and O–H groups in total. The van der Waals surface area contributed by atoms with Gasteiger partial charge in [-0.25, -0.2) is 4.79 Å². The number of ether oxygens (including phenoxy) is 2. The van der Waals surface area contributed by atoms with E-state index in [1.54, 1.807) is 6.08 Å². The molecule has 1 rings (SSSR count). The maximum atomic E-state index is 12.4. The van der Waals surface area contributed by atoms with Crippen LogP contribution in [0.2, 0.25) is 0 Å². The fourth-order valence-corrected chi connectivity index (χ4v) is 2.27. The molecule has 0 radical (unpaired) electrons. The molecule has 1 saturated heterocycles. The number of carbonyl (C=O) groups excluding carboxylic acids is 1. The van der Waals surface area contributed by atoms with Crippen LogP contribution < -0.4 is 0 Å². The molecule has 0 aromatic rings. The van der Waals surface area contributed by atoms with Gasteiger partial charge in [0.05, 0.1) is 17.2 Å². The predicted molar refractivity (Wildman–Crippen MR) is 93.8 cm³/mol. The number of allylic oxidation sites excluding steroid dienone is 2. The second kappa shape index (κ2) is 7.71. The van der Waals surface area contributed by atoms with Crippen molar-refractivity contribution < 1.29 is 14.3 Å². The molecule has 0 bridgehead atoms. The number of esters is 1. The summed E-state index contributed by atoms with van der Waals surface area (Å²) >= 11 is 0. The van der Waals surface area contributed by atoms with E-state index in [2.05, 4.69) is 39.2 Å². The first kappa shape index (κ1) is 19.3. The molecule has 0 aromatic carbocycles. The van der Waals surface area contributed by atoms with Crippen LogP contribution in [-0.2, 0) is 14.3 Å². The van der Waals surface area contributed by atoms with Gasteiger partial charge in [-0.2, -0.15) is 0 Å². The molecule has 0 spiro atoms. The van der Waals surface area contributed by atoms with Gasteiger partial charge in [0, 0.05) is 7.05 Å². The number of hydrogen-bond donors (Lipinski definition) is 0. The van der Waals surface area contributed by atoms with E-state index in [9.17, 15) is 4.79 Å². The number of rotatable bonds is 6. The largest absolute Gasteiger partial charge is 0.477 e. The normalized spacial score (nSPS) is 19.4. The maximum Gasteiger partial charge on any atom is 0.338 e. The molecule has 0 amide bonds. The van der Waals surface area contributed by atoms with Crippen LogP contribution in [0.15, 0.2) is 35.8 Å². The summed E-state index contributed by atoms with van der Waals surface area (Å²) in [5.41, 5.74) is 1.26. The first-order valence-electron chi connectivity index (χ1n) is 8.22. The van der Waals surface area contributed by atoms with Gasteiger partial charge >= 0.3 is 5.97 Å². The minimum absolute atomic E-state index is 0.0484. The van der Waals surface area contributed by atoms with Crippen molar-refractivity contribution >= 4 is 5.97 Å². The Morgan fingerprint density at radius 2 is 2.00 bits per heavy atom. The van der Waals surface area contributed by atoms with Crippen molar-refractivity contribution in [3.8, 4) is 0 Å². The van der Waals surface area contributed by atoms with Crippen molar-refractivity contribution in [3.63, 3.8) is 0 Å². The van der Waals surface area contributed by atoms with Crippen LogP contribution >= 0.6 is 0 Å². The summed E-state index contributed by atoms with van der Waals surface area (Å²) in [5.74, 6) is 0.847. The summed E-state index contributed by atoms with van der Waals surface area (Å²) in [6, 6.07) is 0. The van der Waals surface area contributed by atoms with E-state index in [0.29, 0.717) is 18.1 Å². The molecule has 130 valence electrons. The van der Waals surface area contributed by atoms with Gasteiger partial charge in [-0.1, -0.05) is 20.4 Å². The lowest BCUT2D eigenvalue weighted by atomic mass is 9.97. The van der Waals surface area contributed by atoms with Crippen molar-refractivity contribution in [1.29, 1.82) is 0 Å². The Bertz CT molecular complexity index is 489. The zero-order chi connectivity index (χ0) is 17.8. The van der Waals surface area contributed by atoms with Crippen molar-refractivity contribution in [2.24, 2.45) is 5.92 Å². The SMILES string of the molecule is C=C(CC(C)C)/C(=C/C=C1\OCC(C)(C)N1C)C(=O)OC(C)C. The first-order chi connectivity index (χ1) is 10.5. The molecule has 1 heterocycles. The Hall–Kier alpha value is -1.71. The summed E-state index contributed by atoms with van der Waals surface area (Å²) in [6.45, 7) is 16.8. The molecule has 1 aliphatic rings. The molecule has 0 saturated carbocycles. The van der Waals surface area contributed by atoms with Gasteiger partial charge < -0.3 is 14.4 Å². The van der Waals surface area contributed by atoms with Crippen molar-refractivity contribution in [2.45, 2.75) is 59.6 Å². The van der Waals surface area contributed by atoms with Crippen LogP contribution in [0, 0.1) is 5.92 Å². The second-order valence-electron chi connectivity index (χ2n) is 7.40. The predicted octanol–water partition coefficient (Wildman–Crippen LogP) is 4.05. The van der Waals surface area contributed by atoms with Crippen molar-refractivity contribution in [2.75, 3.05) is 13.7 Å². The topological polar surface area (TPSA) is 38.8 Å². The Balaban J connectivity index is 3.04. The second-order valence-corrected chi connectivity index (χ2v) is 7.40. The lowest BCUT2D eigenvalue weighted by Crippen LogP contribution is -2.36. The maximum absolute atomic E-state index is 12.4. The number of likely N-dealkylation sites (N-methyl/N-ethyl adjacent to an activating group) is 1. The Labute approximate surface area is 140 Å². The monoisotopic (exact) mass is 321 g/mol. The number of carbonyl (C=O) groups is 1. The molecule has 1 fully saturated rings. The molecule has 4 heteroatoms. The third-order valence-electron chi connectivity index (χ3n) is 3.80. The first-order valence-corrected chi connectivity index (χ1v) is 8.22. The van der Waals surface area contributed by atoms with Gasteiger partial charge in [-0.15, -0.1) is 0 Å². The highest BCUT2D eigenvalue weighted by molar-refractivity contribution is 5.93. The molecular formula is C19H31NO3.